The summed E-state index contributed by atoms with van der Waals surface area (Å²) in [5, 5.41) is 0. The van der Waals surface area contributed by atoms with E-state index in [9.17, 15) is 9.59 Å². The van der Waals surface area contributed by atoms with Crippen LogP contribution in [0.5, 0.6) is 0 Å². The van der Waals surface area contributed by atoms with Crippen molar-refractivity contribution in [2.45, 2.75) is 45.7 Å². The molecule has 0 saturated heterocycles. The molecule has 0 spiro atoms. The monoisotopic (exact) mass is 325 g/mol. The summed E-state index contributed by atoms with van der Waals surface area (Å²) in [5.41, 5.74) is 3.15. The molecule has 5 nitrogen and oxygen atoms in total. The van der Waals surface area contributed by atoms with E-state index in [4.69, 9.17) is 0 Å². The topological polar surface area (TPSA) is 55.2 Å². The molecule has 0 radical (unpaired) electrons. The Morgan fingerprint density at radius 3 is 2.79 bits per heavy atom. The first-order valence-electron chi connectivity index (χ1n) is 8.57. The van der Waals surface area contributed by atoms with Crippen molar-refractivity contribution in [2.75, 3.05) is 6.54 Å². The number of nitrogens with zero attached hydrogens (tertiary/aromatic N) is 3. The average Bonchev–Trinajstić information content (AvgIpc) is 2.61. The number of fused-ring (bicyclic) bond motifs is 1. The van der Waals surface area contributed by atoms with Crippen molar-refractivity contribution in [3.05, 3.63) is 63.8 Å². The number of rotatable bonds is 5. The molecule has 1 aliphatic rings. The van der Waals surface area contributed by atoms with E-state index in [1.54, 1.807) is 6.07 Å². The molecule has 2 aromatic rings. The van der Waals surface area contributed by atoms with Gasteiger partial charge in [-0.3, -0.25) is 14.2 Å². The molecule has 3 rings (SSSR count). The van der Waals surface area contributed by atoms with Crippen LogP contribution >= 0.6 is 0 Å². The fraction of sp³-hybridized carbons (Fsp3) is 0.421. The van der Waals surface area contributed by atoms with Crippen LogP contribution in [0.2, 0.25) is 0 Å². The Kier molecular flexibility index (Phi) is 5.08. The van der Waals surface area contributed by atoms with Crippen molar-refractivity contribution < 1.29 is 4.79 Å². The molecule has 0 aliphatic carbocycles. The van der Waals surface area contributed by atoms with Crippen LogP contribution in [0.3, 0.4) is 0 Å². The van der Waals surface area contributed by atoms with Gasteiger partial charge in [0, 0.05) is 24.8 Å². The van der Waals surface area contributed by atoms with Gasteiger partial charge in [0.2, 0.25) is 5.91 Å². The zero-order chi connectivity index (χ0) is 16.9. The molecule has 0 unspecified atom stereocenters. The third-order valence-corrected chi connectivity index (χ3v) is 4.51. The van der Waals surface area contributed by atoms with Crippen molar-refractivity contribution in [1.29, 1.82) is 0 Å². The predicted octanol–water partition coefficient (Wildman–Crippen LogP) is 2.17. The number of carbonyl (C=O) groups excluding carboxylic acids is 1. The number of hydrogen-bond donors (Lipinski definition) is 0. The average molecular weight is 325 g/mol. The van der Waals surface area contributed by atoms with Crippen LogP contribution in [0.4, 0.5) is 0 Å². The van der Waals surface area contributed by atoms with E-state index in [0.717, 1.165) is 31.4 Å². The Balaban J connectivity index is 1.66. The molecule has 24 heavy (non-hydrogen) atoms. The summed E-state index contributed by atoms with van der Waals surface area (Å²) in [6.45, 7) is 3.48. The van der Waals surface area contributed by atoms with E-state index < -0.39 is 0 Å². The van der Waals surface area contributed by atoms with E-state index in [1.165, 1.54) is 22.0 Å². The first-order valence-corrected chi connectivity index (χ1v) is 8.57. The summed E-state index contributed by atoms with van der Waals surface area (Å²) >= 11 is 0. The standard InChI is InChI=1S/C19H23N3O2/c1-2-3-8-17-11-18(23)22(14-20-17)13-19(24)21-10-9-15-6-4-5-7-16(15)12-21/h4-7,11,14H,2-3,8-10,12-13H2,1H3. The van der Waals surface area contributed by atoms with E-state index >= 15 is 0 Å². The minimum absolute atomic E-state index is 0.0327. The number of carbonyl (C=O) groups is 1. The van der Waals surface area contributed by atoms with Gasteiger partial charge in [-0.15, -0.1) is 0 Å². The highest BCUT2D eigenvalue weighted by Gasteiger charge is 2.20. The number of amides is 1. The van der Waals surface area contributed by atoms with Gasteiger partial charge in [0.1, 0.15) is 6.54 Å². The molecule has 0 fully saturated rings. The van der Waals surface area contributed by atoms with Crippen molar-refractivity contribution in [3.63, 3.8) is 0 Å². The molecule has 126 valence electrons. The summed E-state index contributed by atoms with van der Waals surface area (Å²) in [6, 6.07) is 9.75. The first-order chi connectivity index (χ1) is 11.7. The summed E-state index contributed by atoms with van der Waals surface area (Å²) < 4.78 is 1.40. The highest BCUT2D eigenvalue weighted by molar-refractivity contribution is 5.76. The molecule has 1 amide bonds. The highest BCUT2D eigenvalue weighted by atomic mass is 16.2. The smallest absolute Gasteiger partial charge is 0.253 e. The third kappa shape index (κ3) is 3.72. The number of benzene rings is 1. The Hall–Kier alpha value is -2.43. The zero-order valence-corrected chi connectivity index (χ0v) is 14.1. The molecule has 1 aromatic heterocycles. The highest BCUT2D eigenvalue weighted by Crippen LogP contribution is 2.18. The molecule has 0 bridgehead atoms. The number of unbranched alkanes of at least 4 members (excludes halogenated alkanes) is 1. The van der Waals surface area contributed by atoms with Gasteiger partial charge in [0.25, 0.3) is 5.56 Å². The van der Waals surface area contributed by atoms with Crippen LogP contribution < -0.4 is 5.56 Å². The molecule has 1 aromatic carbocycles. The lowest BCUT2D eigenvalue weighted by molar-refractivity contribution is -0.132. The maximum absolute atomic E-state index is 12.5. The maximum Gasteiger partial charge on any atom is 0.253 e. The Morgan fingerprint density at radius 2 is 2.04 bits per heavy atom. The van der Waals surface area contributed by atoms with Crippen LogP contribution in [0.25, 0.3) is 0 Å². The van der Waals surface area contributed by atoms with Crippen LogP contribution in [0.15, 0.2) is 41.5 Å². The molecular formula is C19H23N3O2. The fourth-order valence-corrected chi connectivity index (χ4v) is 3.03. The van der Waals surface area contributed by atoms with Crippen molar-refractivity contribution in [1.82, 2.24) is 14.5 Å². The Labute approximate surface area is 141 Å². The quantitative estimate of drug-likeness (QED) is 0.846. The Morgan fingerprint density at radius 1 is 1.25 bits per heavy atom. The van der Waals surface area contributed by atoms with Crippen molar-refractivity contribution in [2.24, 2.45) is 0 Å². The summed E-state index contributed by atoms with van der Waals surface area (Å²) in [6.07, 6.45) is 5.26. The van der Waals surface area contributed by atoms with E-state index in [-0.39, 0.29) is 18.0 Å². The second kappa shape index (κ2) is 7.43. The van der Waals surface area contributed by atoms with E-state index in [0.29, 0.717) is 13.1 Å². The molecule has 0 N–H and O–H groups in total. The number of aryl methyl sites for hydroxylation is 1. The van der Waals surface area contributed by atoms with Crippen molar-refractivity contribution in [3.8, 4) is 0 Å². The largest absolute Gasteiger partial charge is 0.336 e. The van der Waals surface area contributed by atoms with Gasteiger partial charge >= 0.3 is 0 Å². The van der Waals surface area contributed by atoms with Crippen LogP contribution in [0, 0.1) is 0 Å². The Bertz CT molecular complexity index is 782. The van der Waals surface area contributed by atoms with Crippen LogP contribution in [0.1, 0.15) is 36.6 Å². The van der Waals surface area contributed by atoms with Gasteiger partial charge in [-0.05, 0) is 30.4 Å². The number of hydrogen-bond acceptors (Lipinski definition) is 3. The van der Waals surface area contributed by atoms with Gasteiger partial charge in [-0.25, -0.2) is 4.98 Å². The molecule has 0 atom stereocenters. The second-order valence-corrected chi connectivity index (χ2v) is 6.28. The molecule has 5 heteroatoms. The second-order valence-electron chi connectivity index (χ2n) is 6.28. The van der Waals surface area contributed by atoms with Gasteiger partial charge in [0.05, 0.1) is 6.33 Å². The lowest BCUT2D eigenvalue weighted by Gasteiger charge is -2.29. The number of aromatic nitrogens is 2. The molecule has 1 aliphatic heterocycles. The normalized spacial score (nSPS) is 13.6. The molecule has 2 heterocycles. The zero-order valence-electron chi connectivity index (χ0n) is 14.1. The van der Waals surface area contributed by atoms with E-state index in [1.807, 2.05) is 17.0 Å². The van der Waals surface area contributed by atoms with Crippen LogP contribution in [-0.4, -0.2) is 26.9 Å². The molecular weight excluding hydrogens is 302 g/mol. The lowest BCUT2D eigenvalue weighted by atomic mass is 10.00. The SMILES string of the molecule is CCCCc1cc(=O)n(CC(=O)N2CCc3ccccc3C2)cn1. The minimum Gasteiger partial charge on any atom is -0.336 e. The van der Waals surface area contributed by atoms with Gasteiger partial charge < -0.3 is 4.90 Å². The minimum atomic E-state index is -0.151. The predicted molar refractivity (Wildman–Crippen MR) is 92.7 cm³/mol. The third-order valence-electron chi connectivity index (χ3n) is 4.51. The summed E-state index contributed by atoms with van der Waals surface area (Å²) in [4.78, 5) is 30.8. The van der Waals surface area contributed by atoms with Crippen molar-refractivity contribution >= 4 is 5.91 Å². The lowest BCUT2D eigenvalue weighted by Crippen LogP contribution is -2.39. The fourth-order valence-electron chi connectivity index (χ4n) is 3.03. The summed E-state index contributed by atoms with van der Waals surface area (Å²) in [5.74, 6) is -0.0327. The first kappa shape index (κ1) is 16.4. The summed E-state index contributed by atoms with van der Waals surface area (Å²) in [7, 11) is 0. The van der Waals surface area contributed by atoms with E-state index in [2.05, 4.69) is 24.0 Å². The van der Waals surface area contributed by atoms with Gasteiger partial charge in [-0.2, -0.15) is 0 Å². The van der Waals surface area contributed by atoms with Crippen LogP contribution in [-0.2, 0) is 30.7 Å². The van der Waals surface area contributed by atoms with Gasteiger partial charge in [-0.1, -0.05) is 37.6 Å². The van der Waals surface area contributed by atoms with Gasteiger partial charge in [0.15, 0.2) is 0 Å². The molecule has 0 saturated carbocycles. The maximum atomic E-state index is 12.5.